The predicted molar refractivity (Wildman–Crippen MR) is 87.2 cm³/mol. The Morgan fingerprint density at radius 1 is 1.19 bits per heavy atom. The maximum absolute atomic E-state index is 6.17. The number of benzene rings is 1. The van der Waals surface area contributed by atoms with Crippen LogP contribution in [-0.4, -0.2) is 20.3 Å². The Morgan fingerprint density at radius 2 is 1.90 bits per heavy atom. The fourth-order valence-corrected chi connectivity index (χ4v) is 3.22. The van der Waals surface area contributed by atoms with Crippen molar-refractivity contribution in [3.05, 3.63) is 23.8 Å². The lowest BCUT2D eigenvalue weighted by Gasteiger charge is -2.24. The third kappa shape index (κ3) is 4.37. The van der Waals surface area contributed by atoms with Crippen LogP contribution in [0.5, 0.6) is 11.5 Å². The van der Waals surface area contributed by atoms with Gasteiger partial charge in [0.1, 0.15) is 11.5 Å². The zero-order chi connectivity index (χ0) is 15.1. The second kappa shape index (κ2) is 8.28. The molecule has 1 fully saturated rings. The van der Waals surface area contributed by atoms with Gasteiger partial charge in [0.05, 0.1) is 19.3 Å². The number of hydrogen-bond donors (Lipinski definition) is 1. The quantitative estimate of drug-likeness (QED) is 0.811. The molecule has 1 atom stereocenters. The van der Waals surface area contributed by atoms with Gasteiger partial charge in [-0.25, -0.2) is 0 Å². The Balaban J connectivity index is 2.09. The van der Waals surface area contributed by atoms with E-state index in [1.54, 1.807) is 7.11 Å². The second-order valence-electron chi connectivity index (χ2n) is 5.97. The maximum Gasteiger partial charge on any atom is 0.127 e. The molecule has 0 heterocycles. The van der Waals surface area contributed by atoms with Gasteiger partial charge in [0.25, 0.3) is 0 Å². The molecule has 1 aromatic carbocycles. The first kappa shape index (κ1) is 16.2. The average Bonchev–Trinajstić information content (AvgIpc) is 2.53. The fraction of sp³-hybridized carbons (Fsp3) is 0.667. The van der Waals surface area contributed by atoms with E-state index in [1.807, 2.05) is 12.1 Å². The summed E-state index contributed by atoms with van der Waals surface area (Å²) < 4.78 is 11.7. The third-order valence-electron chi connectivity index (χ3n) is 4.39. The van der Waals surface area contributed by atoms with Gasteiger partial charge in [-0.05, 0) is 44.4 Å². The molecule has 0 saturated heterocycles. The number of rotatable bonds is 7. The standard InChI is InChI=1S/C18H29NO2/c1-4-19-14(2)18-16(20-3)11-8-12-17(18)21-13-15-9-6-5-7-10-15/h8,11-12,14-15,19H,4-7,9-10,13H2,1-3H3. The largest absolute Gasteiger partial charge is 0.496 e. The molecule has 1 N–H and O–H groups in total. The highest BCUT2D eigenvalue weighted by Gasteiger charge is 2.19. The second-order valence-corrected chi connectivity index (χ2v) is 5.97. The van der Waals surface area contributed by atoms with E-state index in [2.05, 4.69) is 25.2 Å². The third-order valence-corrected chi connectivity index (χ3v) is 4.39. The molecule has 1 aromatic rings. The molecule has 1 saturated carbocycles. The monoisotopic (exact) mass is 291 g/mol. The van der Waals surface area contributed by atoms with Crippen molar-refractivity contribution in [1.29, 1.82) is 0 Å². The van der Waals surface area contributed by atoms with Crippen molar-refractivity contribution < 1.29 is 9.47 Å². The summed E-state index contributed by atoms with van der Waals surface area (Å²) in [5.41, 5.74) is 1.14. The molecule has 1 aliphatic carbocycles. The highest BCUT2D eigenvalue weighted by molar-refractivity contribution is 5.46. The molecule has 3 nitrogen and oxygen atoms in total. The summed E-state index contributed by atoms with van der Waals surface area (Å²) in [4.78, 5) is 0. The smallest absolute Gasteiger partial charge is 0.127 e. The minimum absolute atomic E-state index is 0.229. The van der Waals surface area contributed by atoms with Crippen LogP contribution in [0.3, 0.4) is 0 Å². The molecular formula is C18H29NO2. The summed E-state index contributed by atoms with van der Waals surface area (Å²) in [5.74, 6) is 2.59. The van der Waals surface area contributed by atoms with Crippen LogP contribution in [0.1, 0.15) is 57.6 Å². The van der Waals surface area contributed by atoms with E-state index in [4.69, 9.17) is 9.47 Å². The van der Waals surface area contributed by atoms with Crippen LogP contribution in [0.15, 0.2) is 18.2 Å². The van der Waals surface area contributed by atoms with E-state index in [9.17, 15) is 0 Å². The number of ether oxygens (including phenoxy) is 2. The van der Waals surface area contributed by atoms with Crippen LogP contribution in [-0.2, 0) is 0 Å². The van der Waals surface area contributed by atoms with Gasteiger partial charge < -0.3 is 14.8 Å². The Kier molecular flexibility index (Phi) is 6.37. The van der Waals surface area contributed by atoms with Crippen molar-refractivity contribution in [2.24, 2.45) is 5.92 Å². The van der Waals surface area contributed by atoms with Crippen molar-refractivity contribution in [2.75, 3.05) is 20.3 Å². The summed E-state index contributed by atoms with van der Waals surface area (Å²) in [7, 11) is 1.72. The molecule has 0 spiro atoms. The average molecular weight is 291 g/mol. The SMILES string of the molecule is CCNC(C)c1c(OC)cccc1OCC1CCCCC1. The number of nitrogens with one attached hydrogen (secondary N) is 1. The molecule has 2 rings (SSSR count). The molecule has 1 aliphatic rings. The van der Waals surface area contributed by atoms with E-state index < -0.39 is 0 Å². The molecule has 0 bridgehead atoms. The van der Waals surface area contributed by atoms with Gasteiger partial charge in [-0.3, -0.25) is 0 Å². The zero-order valence-corrected chi connectivity index (χ0v) is 13.7. The Labute approximate surface area is 129 Å². The van der Waals surface area contributed by atoms with Crippen LogP contribution >= 0.6 is 0 Å². The van der Waals surface area contributed by atoms with Crippen molar-refractivity contribution >= 4 is 0 Å². The molecular weight excluding hydrogens is 262 g/mol. The summed E-state index contributed by atoms with van der Waals surface area (Å²) in [6.07, 6.45) is 6.71. The summed E-state index contributed by atoms with van der Waals surface area (Å²) in [6.45, 7) is 6.05. The van der Waals surface area contributed by atoms with Crippen molar-refractivity contribution in [3.63, 3.8) is 0 Å². The molecule has 0 aliphatic heterocycles. The topological polar surface area (TPSA) is 30.5 Å². The van der Waals surface area contributed by atoms with Crippen molar-refractivity contribution in [3.8, 4) is 11.5 Å². The van der Waals surface area contributed by atoms with E-state index in [0.29, 0.717) is 5.92 Å². The first-order valence-electron chi connectivity index (χ1n) is 8.29. The van der Waals surface area contributed by atoms with Gasteiger partial charge >= 0.3 is 0 Å². The predicted octanol–water partition coefficient (Wildman–Crippen LogP) is 4.32. The lowest BCUT2D eigenvalue weighted by Crippen LogP contribution is -2.21. The Bertz CT molecular complexity index is 427. The highest BCUT2D eigenvalue weighted by atomic mass is 16.5. The van der Waals surface area contributed by atoms with Gasteiger partial charge in [-0.1, -0.05) is 32.3 Å². The van der Waals surface area contributed by atoms with Crippen LogP contribution in [0.4, 0.5) is 0 Å². The fourth-order valence-electron chi connectivity index (χ4n) is 3.22. The molecule has 1 unspecified atom stereocenters. The minimum Gasteiger partial charge on any atom is -0.496 e. The summed E-state index contributed by atoms with van der Waals surface area (Å²) in [5, 5.41) is 3.45. The van der Waals surface area contributed by atoms with Crippen LogP contribution in [0, 0.1) is 5.92 Å². The molecule has 3 heteroatoms. The first-order valence-corrected chi connectivity index (χ1v) is 8.29. The highest BCUT2D eigenvalue weighted by Crippen LogP contribution is 2.35. The van der Waals surface area contributed by atoms with Gasteiger partial charge in [-0.15, -0.1) is 0 Å². The Hall–Kier alpha value is -1.22. The normalized spacial score (nSPS) is 17.5. The lowest BCUT2D eigenvalue weighted by molar-refractivity contribution is 0.205. The minimum atomic E-state index is 0.229. The van der Waals surface area contributed by atoms with Crippen LogP contribution in [0.2, 0.25) is 0 Å². The van der Waals surface area contributed by atoms with Crippen molar-refractivity contribution in [2.45, 2.75) is 52.0 Å². The Morgan fingerprint density at radius 3 is 2.57 bits per heavy atom. The van der Waals surface area contributed by atoms with Gasteiger partial charge in [-0.2, -0.15) is 0 Å². The van der Waals surface area contributed by atoms with E-state index >= 15 is 0 Å². The molecule has 21 heavy (non-hydrogen) atoms. The van der Waals surface area contributed by atoms with E-state index in [-0.39, 0.29) is 6.04 Å². The first-order chi connectivity index (χ1) is 10.3. The van der Waals surface area contributed by atoms with Gasteiger partial charge in [0.15, 0.2) is 0 Å². The van der Waals surface area contributed by atoms with Crippen LogP contribution in [0.25, 0.3) is 0 Å². The van der Waals surface area contributed by atoms with Gasteiger partial charge in [0, 0.05) is 6.04 Å². The number of hydrogen-bond acceptors (Lipinski definition) is 3. The zero-order valence-electron chi connectivity index (χ0n) is 13.7. The summed E-state index contributed by atoms with van der Waals surface area (Å²) >= 11 is 0. The van der Waals surface area contributed by atoms with Gasteiger partial charge in [0.2, 0.25) is 0 Å². The molecule has 0 aromatic heterocycles. The molecule has 118 valence electrons. The number of methoxy groups -OCH3 is 1. The lowest BCUT2D eigenvalue weighted by atomic mass is 9.90. The molecule has 0 radical (unpaired) electrons. The van der Waals surface area contributed by atoms with E-state index in [0.717, 1.165) is 30.2 Å². The van der Waals surface area contributed by atoms with E-state index in [1.165, 1.54) is 32.1 Å². The molecule has 0 amide bonds. The van der Waals surface area contributed by atoms with Crippen LogP contribution < -0.4 is 14.8 Å². The van der Waals surface area contributed by atoms with Crippen molar-refractivity contribution in [1.82, 2.24) is 5.32 Å². The summed E-state index contributed by atoms with van der Waals surface area (Å²) in [6, 6.07) is 6.31. The maximum atomic E-state index is 6.17.